The SMILES string of the molecule is Cn1c(CN2CCN(C(=O)C3(c4ccccc4)CCOCC3)CC2)nc2ccccc21. The van der Waals surface area contributed by atoms with Gasteiger partial charge in [0.05, 0.1) is 23.0 Å². The second-order valence-corrected chi connectivity index (χ2v) is 8.70. The Morgan fingerprint density at radius 1 is 0.968 bits per heavy atom. The summed E-state index contributed by atoms with van der Waals surface area (Å²) in [4.78, 5) is 23.0. The van der Waals surface area contributed by atoms with E-state index in [1.54, 1.807) is 0 Å². The molecule has 0 bridgehead atoms. The Morgan fingerprint density at radius 2 is 1.65 bits per heavy atom. The van der Waals surface area contributed by atoms with Crippen molar-refractivity contribution in [3.8, 4) is 0 Å². The molecule has 162 valence electrons. The van der Waals surface area contributed by atoms with Crippen molar-refractivity contribution in [1.82, 2.24) is 19.4 Å². The largest absolute Gasteiger partial charge is 0.381 e. The van der Waals surface area contributed by atoms with Crippen LogP contribution in [0.15, 0.2) is 54.6 Å². The molecular formula is C25H30N4O2. The highest BCUT2D eigenvalue weighted by molar-refractivity contribution is 5.88. The smallest absolute Gasteiger partial charge is 0.233 e. The van der Waals surface area contributed by atoms with Gasteiger partial charge in [-0.05, 0) is 30.5 Å². The summed E-state index contributed by atoms with van der Waals surface area (Å²) in [6.07, 6.45) is 1.52. The van der Waals surface area contributed by atoms with Crippen LogP contribution in [0.25, 0.3) is 11.0 Å². The number of aryl methyl sites for hydroxylation is 1. The molecule has 0 aliphatic carbocycles. The third-order valence-corrected chi connectivity index (χ3v) is 6.99. The van der Waals surface area contributed by atoms with E-state index in [2.05, 4.69) is 51.7 Å². The number of imidazole rings is 1. The van der Waals surface area contributed by atoms with E-state index in [1.165, 1.54) is 0 Å². The van der Waals surface area contributed by atoms with Gasteiger partial charge in [-0.3, -0.25) is 9.69 Å². The molecule has 2 fully saturated rings. The summed E-state index contributed by atoms with van der Waals surface area (Å²) < 4.78 is 7.79. The van der Waals surface area contributed by atoms with Crippen LogP contribution in [0.1, 0.15) is 24.2 Å². The van der Waals surface area contributed by atoms with Gasteiger partial charge in [0.2, 0.25) is 5.91 Å². The Bertz CT molecular complexity index is 1050. The molecule has 1 aromatic heterocycles. The standard InChI is InChI=1S/C25H30N4O2/c1-27-22-10-6-5-9-21(22)26-23(27)19-28-13-15-29(16-14-28)24(30)25(11-17-31-18-12-25)20-7-3-2-4-8-20/h2-10H,11-19H2,1H3. The first kappa shape index (κ1) is 20.2. The van der Waals surface area contributed by atoms with Gasteiger partial charge in [0.25, 0.3) is 0 Å². The number of piperazine rings is 1. The predicted molar refractivity (Wildman–Crippen MR) is 121 cm³/mol. The lowest BCUT2D eigenvalue weighted by Crippen LogP contribution is -2.55. The van der Waals surface area contributed by atoms with Crippen molar-refractivity contribution >= 4 is 16.9 Å². The topological polar surface area (TPSA) is 50.6 Å². The molecule has 31 heavy (non-hydrogen) atoms. The van der Waals surface area contributed by atoms with Gasteiger partial charge in [0, 0.05) is 46.4 Å². The van der Waals surface area contributed by atoms with E-state index in [9.17, 15) is 4.79 Å². The number of carbonyl (C=O) groups is 1. The van der Waals surface area contributed by atoms with E-state index in [4.69, 9.17) is 9.72 Å². The maximum absolute atomic E-state index is 13.7. The number of fused-ring (bicyclic) bond motifs is 1. The van der Waals surface area contributed by atoms with E-state index >= 15 is 0 Å². The molecule has 1 amide bonds. The highest BCUT2D eigenvalue weighted by Crippen LogP contribution is 2.37. The second-order valence-electron chi connectivity index (χ2n) is 8.70. The average molecular weight is 419 g/mol. The monoisotopic (exact) mass is 418 g/mol. The molecule has 3 aromatic rings. The van der Waals surface area contributed by atoms with Gasteiger partial charge in [-0.1, -0.05) is 42.5 Å². The maximum Gasteiger partial charge on any atom is 0.233 e. The fourth-order valence-electron chi connectivity index (χ4n) is 5.05. The Kier molecular flexibility index (Phi) is 5.50. The summed E-state index contributed by atoms with van der Waals surface area (Å²) in [5.74, 6) is 1.34. The van der Waals surface area contributed by atoms with Crippen molar-refractivity contribution in [3.63, 3.8) is 0 Å². The number of hydrogen-bond acceptors (Lipinski definition) is 4. The summed E-state index contributed by atoms with van der Waals surface area (Å²) in [5.41, 5.74) is 2.89. The first-order valence-electron chi connectivity index (χ1n) is 11.2. The summed E-state index contributed by atoms with van der Waals surface area (Å²) >= 11 is 0. The quantitative estimate of drug-likeness (QED) is 0.654. The van der Waals surface area contributed by atoms with Gasteiger partial charge in [-0.15, -0.1) is 0 Å². The molecular weight excluding hydrogens is 388 g/mol. The molecule has 0 N–H and O–H groups in total. The zero-order valence-electron chi connectivity index (χ0n) is 18.2. The number of benzene rings is 2. The normalized spacial score (nSPS) is 19.6. The van der Waals surface area contributed by atoms with E-state index in [0.717, 1.165) is 68.0 Å². The first-order chi connectivity index (χ1) is 15.2. The van der Waals surface area contributed by atoms with Gasteiger partial charge >= 0.3 is 0 Å². The zero-order chi connectivity index (χ0) is 21.3. The average Bonchev–Trinajstić information content (AvgIpc) is 3.15. The number of amides is 1. The lowest BCUT2D eigenvalue weighted by atomic mass is 9.73. The molecule has 6 nitrogen and oxygen atoms in total. The molecule has 0 atom stereocenters. The van der Waals surface area contributed by atoms with Crippen LogP contribution in [-0.4, -0.2) is 64.7 Å². The Labute approximate surface area is 183 Å². The second kappa shape index (κ2) is 8.44. The molecule has 0 radical (unpaired) electrons. The van der Waals surface area contributed by atoms with Gasteiger partial charge in [0.1, 0.15) is 5.82 Å². The summed E-state index contributed by atoms with van der Waals surface area (Å²) in [6.45, 7) is 5.37. The molecule has 0 saturated carbocycles. The van der Waals surface area contributed by atoms with Crippen molar-refractivity contribution < 1.29 is 9.53 Å². The fraction of sp³-hybridized carbons (Fsp3) is 0.440. The minimum absolute atomic E-state index is 0.268. The minimum Gasteiger partial charge on any atom is -0.381 e. The molecule has 2 aliphatic rings. The lowest BCUT2D eigenvalue weighted by Gasteiger charge is -2.43. The number of carbonyl (C=O) groups excluding carboxylic acids is 1. The number of ether oxygens (including phenoxy) is 1. The number of para-hydroxylation sites is 2. The Balaban J connectivity index is 1.28. The number of hydrogen-bond donors (Lipinski definition) is 0. The van der Waals surface area contributed by atoms with Crippen LogP contribution in [0.4, 0.5) is 0 Å². The lowest BCUT2D eigenvalue weighted by molar-refractivity contribution is -0.143. The molecule has 2 aromatic carbocycles. The molecule has 2 saturated heterocycles. The molecule has 2 aliphatic heterocycles. The molecule has 0 unspecified atom stereocenters. The third kappa shape index (κ3) is 3.75. The van der Waals surface area contributed by atoms with Crippen molar-refractivity contribution in [3.05, 3.63) is 66.0 Å². The van der Waals surface area contributed by atoms with Crippen molar-refractivity contribution in [2.24, 2.45) is 7.05 Å². The van der Waals surface area contributed by atoms with Gasteiger partial charge in [0.15, 0.2) is 0 Å². The van der Waals surface area contributed by atoms with Crippen LogP contribution in [0.3, 0.4) is 0 Å². The summed E-state index contributed by atoms with van der Waals surface area (Å²) in [5, 5.41) is 0. The van der Waals surface area contributed by atoms with Crippen LogP contribution < -0.4 is 0 Å². The van der Waals surface area contributed by atoms with Crippen LogP contribution >= 0.6 is 0 Å². The molecule has 5 rings (SSSR count). The van der Waals surface area contributed by atoms with E-state index in [0.29, 0.717) is 13.2 Å². The number of rotatable bonds is 4. The third-order valence-electron chi connectivity index (χ3n) is 6.99. The van der Waals surface area contributed by atoms with Crippen molar-refractivity contribution in [1.29, 1.82) is 0 Å². The molecule has 6 heteroatoms. The van der Waals surface area contributed by atoms with Gasteiger partial charge < -0.3 is 14.2 Å². The van der Waals surface area contributed by atoms with Crippen LogP contribution in [0.2, 0.25) is 0 Å². The molecule has 3 heterocycles. The van der Waals surface area contributed by atoms with E-state index < -0.39 is 5.41 Å². The van der Waals surface area contributed by atoms with Crippen molar-refractivity contribution in [2.75, 3.05) is 39.4 Å². The Morgan fingerprint density at radius 3 is 2.35 bits per heavy atom. The fourth-order valence-corrected chi connectivity index (χ4v) is 5.05. The molecule has 0 spiro atoms. The summed E-state index contributed by atoms with van der Waals surface area (Å²) in [6, 6.07) is 18.5. The zero-order valence-corrected chi connectivity index (χ0v) is 18.2. The van der Waals surface area contributed by atoms with Crippen LogP contribution in [0, 0.1) is 0 Å². The van der Waals surface area contributed by atoms with Crippen LogP contribution in [0.5, 0.6) is 0 Å². The maximum atomic E-state index is 13.7. The van der Waals surface area contributed by atoms with Gasteiger partial charge in [-0.2, -0.15) is 0 Å². The number of nitrogens with zero attached hydrogens (tertiary/aromatic N) is 4. The minimum atomic E-state index is -0.445. The Hall–Kier alpha value is -2.70. The van der Waals surface area contributed by atoms with Crippen molar-refractivity contribution in [2.45, 2.75) is 24.8 Å². The summed E-state index contributed by atoms with van der Waals surface area (Å²) in [7, 11) is 2.08. The first-order valence-corrected chi connectivity index (χ1v) is 11.2. The van der Waals surface area contributed by atoms with E-state index in [-0.39, 0.29) is 5.91 Å². The van der Waals surface area contributed by atoms with Gasteiger partial charge in [-0.25, -0.2) is 4.98 Å². The highest BCUT2D eigenvalue weighted by Gasteiger charge is 2.44. The van der Waals surface area contributed by atoms with E-state index in [1.807, 2.05) is 24.3 Å². The number of aromatic nitrogens is 2. The predicted octanol–water partition coefficient (Wildman–Crippen LogP) is 2.97. The highest BCUT2D eigenvalue weighted by atomic mass is 16.5. The van der Waals surface area contributed by atoms with Crippen LogP contribution in [-0.2, 0) is 28.5 Å².